The van der Waals surface area contributed by atoms with E-state index >= 15 is 0 Å². The molecule has 0 aliphatic heterocycles. The van der Waals surface area contributed by atoms with Crippen molar-refractivity contribution in [1.29, 1.82) is 0 Å². The zero-order valence-corrected chi connectivity index (χ0v) is 8.94. The third-order valence-corrected chi connectivity index (χ3v) is 1.13. The van der Waals surface area contributed by atoms with E-state index in [4.69, 9.17) is 20.0 Å². The average Bonchev–Trinajstić information content (AvgIpc) is 1.81. The molecule has 0 saturated carbocycles. The summed E-state index contributed by atoms with van der Waals surface area (Å²) in [5, 5.41) is 16.7. The minimum atomic E-state index is -4.50. The summed E-state index contributed by atoms with van der Waals surface area (Å²) in [4.78, 5) is 16.1. The van der Waals surface area contributed by atoms with E-state index in [0.717, 1.165) is 0 Å². The van der Waals surface area contributed by atoms with Crippen molar-refractivity contribution >= 4 is 7.82 Å². The van der Waals surface area contributed by atoms with Gasteiger partial charge in [-0.2, -0.15) is 0 Å². The molecule has 1 unspecified atom stereocenters. The van der Waals surface area contributed by atoms with E-state index in [2.05, 4.69) is 4.52 Å². The summed E-state index contributed by atoms with van der Waals surface area (Å²) in [5.41, 5.74) is 0. The second-order valence-electron chi connectivity index (χ2n) is 1.62. The van der Waals surface area contributed by atoms with Gasteiger partial charge in [0.25, 0.3) is 0 Å². The third-order valence-electron chi connectivity index (χ3n) is 0.646. The molecule has 0 saturated heterocycles. The Kier molecular flexibility index (Phi) is 8.64. The Morgan fingerprint density at radius 1 is 1.55 bits per heavy atom. The number of phosphoric ester groups is 1. The molecule has 0 aliphatic rings. The molecule has 0 spiro atoms. The third kappa shape index (κ3) is 11.0. The summed E-state index contributed by atoms with van der Waals surface area (Å²) in [5.74, 6) is 0. The van der Waals surface area contributed by atoms with Crippen LogP contribution >= 0.6 is 7.82 Å². The largest absolute Gasteiger partial charge is 1.00 e. The molecule has 0 radical (unpaired) electrons. The molecule has 4 N–H and O–H groups in total. The predicted octanol–water partition coefficient (Wildman–Crippen LogP) is -4.43. The Hall–Kier alpha value is 1.03. The molecule has 64 valence electrons. The van der Waals surface area contributed by atoms with Gasteiger partial charge in [0, 0.05) is 0 Å². The molecular weight excluding hydrogens is 186 g/mol. The van der Waals surface area contributed by atoms with E-state index in [9.17, 15) is 4.57 Å². The van der Waals surface area contributed by atoms with Crippen molar-refractivity contribution < 1.29 is 60.1 Å². The van der Waals surface area contributed by atoms with E-state index in [0.29, 0.717) is 0 Å². The Morgan fingerprint density at radius 3 is 2.27 bits per heavy atom. The van der Waals surface area contributed by atoms with Crippen LogP contribution in [0.1, 0.15) is 1.43 Å². The summed E-state index contributed by atoms with van der Waals surface area (Å²) < 4.78 is 13.8. The second kappa shape index (κ2) is 6.54. The molecule has 1 atom stereocenters. The van der Waals surface area contributed by atoms with Crippen LogP contribution in [0.25, 0.3) is 0 Å². The molecular formula is C3H10NaO6P. The van der Waals surface area contributed by atoms with Crippen LogP contribution in [0.15, 0.2) is 0 Å². The molecule has 11 heavy (non-hydrogen) atoms. The van der Waals surface area contributed by atoms with Crippen LogP contribution in [0.3, 0.4) is 0 Å². The standard InChI is InChI=1S/C3H9O6P.Na.H/c4-1-3(5)2-9-10(6,7)8;;/h3-5H,1-2H2,(H2,6,7,8);;/q;+1;-1. The van der Waals surface area contributed by atoms with Gasteiger partial charge in [0.2, 0.25) is 0 Å². The van der Waals surface area contributed by atoms with Gasteiger partial charge in [-0.1, -0.05) is 0 Å². The monoisotopic (exact) mass is 196 g/mol. The minimum absolute atomic E-state index is 0. The second-order valence-corrected chi connectivity index (χ2v) is 2.86. The van der Waals surface area contributed by atoms with Crippen molar-refractivity contribution in [2.45, 2.75) is 6.10 Å². The predicted molar refractivity (Wildman–Crippen MR) is 32.2 cm³/mol. The zero-order valence-electron chi connectivity index (χ0n) is 7.04. The van der Waals surface area contributed by atoms with Crippen LogP contribution in [-0.4, -0.2) is 39.3 Å². The van der Waals surface area contributed by atoms with Crippen LogP contribution in [0.4, 0.5) is 0 Å². The molecule has 0 fully saturated rings. The summed E-state index contributed by atoms with van der Waals surface area (Å²) in [6.07, 6.45) is -1.24. The van der Waals surface area contributed by atoms with E-state index in [1.807, 2.05) is 0 Å². The van der Waals surface area contributed by atoms with E-state index in [1.165, 1.54) is 0 Å². The van der Waals surface area contributed by atoms with Crippen molar-refractivity contribution in [2.75, 3.05) is 13.2 Å². The summed E-state index contributed by atoms with van der Waals surface area (Å²) >= 11 is 0. The first-order valence-electron chi connectivity index (χ1n) is 2.44. The Bertz CT molecular complexity index is 139. The van der Waals surface area contributed by atoms with Crippen molar-refractivity contribution in [2.24, 2.45) is 0 Å². The number of aliphatic hydroxyl groups excluding tert-OH is 2. The number of hydrogen-bond donors (Lipinski definition) is 4. The normalized spacial score (nSPS) is 13.8. The van der Waals surface area contributed by atoms with Crippen LogP contribution in [-0.2, 0) is 9.09 Å². The van der Waals surface area contributed by atoms with Crippen LogP contribution in [0.5, 0.6) is 0 Å². The van der Waals surface area contributed by atoms with Crippen molar-refractivity contribution in [3.8, 4) is 0 Å². The van der Waals surface area contributed by atoms with Gasteiger partial charge in [0.05, 0.1) is 13.2 Å². The molecule has 0 aromatic heterocycles. The molecule has 0 bridgehead atoms. The first-order chi connectivity index (χ1) is 4.45. The summed E-state index contributed by atoms with van der Waals surface area (Å²) in [6.45, 7) is -1.15. The topological polar surface area (TPSA) is 107 Å². The van der Waals surface area contributed by atoms with Crippen LogP contribution in [0.2, 0.25) is 0 Å². The van der Waals surface area contributed by atoms with Gasteiger partial charge in [-0.3, -0.25) is 4.52 Å². The van der Waals surface area contributed by atoms with Gasteiger partial charge >= 0.3 is 37.4 Å². The molecule has 8 heteroatoms. The zero-order chi connectivity index (χ0) is 8.20. The van der Waals surface area contributed by atoms with Gasteiger partial charge < -0.3 is 21.4 Å². The first kappa shape index (κ1) is 14.5. The summed E-state index contributed by atoms with van der Waals surface area (Å²) in [7, 11) is -4.50. The van der Waals surface area contributed by atoms with Crippen LogP contribution in [0, 0.1) is 0 Å². The Balaban J connectivity index is -0.000000405. The molecule has 0 aromatic rings. The maximum atomic E-state index is 9.93. The Morgan fingerprint density at radius 2 is 2.00 bits per heavy atom. The van der Waals surface area contributed by atoms with E-state index in [-0.39, 0.29) is 31.0 Å². The number of hydrogen-bond acceptors (Lipinski definition) is 4. The fourth-order valence-corrected chi connectivity index (χ4v) is 0.602. The van der Waals surface area contributed by atoms with E-state index in [1.54, 1.807) is 0 Å². The fourth-order valence-electron chi connectivity index (χ4n) is 0.236. The minimum Gasteiger partial charge on any atom is -1.00 e. The van der Waals surface area contributed by atoms with E-state index < -0.39 is 27.1 Å². The number of aliphatic hydroxyl groups is 2. The van der Waals surface area contributed by atoms with Crippen LogP contribution < -0.4 is 29.6 Å². The maximum Gasteiger partial charge on any atom is 1.00 e. The fraction of sp³-hybridized carbons (Fsp3) is 1.00. The molecule has 0 rings (SSSR count). The Labute approximate surface area is 87.2 Å². The molecule has 0 amide bonds. The van der Waals surface area contributed by atoms with Gasteiger partial charge in [-0.05, 0) is 0 Å². The molecule has 6 nitrogen and oxygen atoms in total. The van der Waals surface area contributed by atoms with Crippen molar-refractivity contribution in [1.82, 2.24) is 0 Å². The van der Waals surface area contributed by atoms with Crippen molar-refractivity contribution in [3.05, 3.63) is 0 Å². The smallest absolute Gasteiger partial charge is 1.00 e. The maximum absolute atomic E-state index is 9.93. The average molecular weight is 196 g/mol. The van der Waals surface area contributed by atoms with Gasteiger partial charge in [-0.15, -0.1) is 0 Å². The molecule has 0 aliphatic carbocycles. The quantitative estimate of drug-likeness (QED) is 0.267. The van der Waals surface area contributed by atoms with Gasteiger partial charge in [0.1, 0.15) is 6.10 Å². The molecule has 0 aromatic carbocycles. The van der Waals surface area contributed by atoms with Gasteiger partial charge in [-0.25, -0.2) is 4.57 Å². The molecule has 0 heterocycles. The SMILES string of the molecule is O=P(O)(O)OCC(O)CO.[H-].[Na+]. The number of rotatable bonds is 4. The van der Waals surface area contributed by atoms with Gasteiger partial charge in [0.15, 0.2) is 0 Å². The summed E-state index contributed by atoms with van der Waals surface area (Å²) in [6, 6.07) is 0. The number of phosphoric acid groups is 1. The van der Waals surface area contributed by atoms with Crippen molar-refractivity contribution in [3.63, 3.8) is 0 Å². The first-order valence-corrected chi connectivity index (χ1v) is 3.98.